The van der Waals surface area contributed by atoms with E-state index < -0.39 is 0 Å². The number of hydrogen-bond donors (Lipinski definition) is 2. The molecule has 7 heteroatoms. The van der Waals surface area contributed by atoms with Gasteiger partial charge in [0.25, 0.3) is 0 Å². The summed E-state index contributed by atoms with van der Waals surface area (Å²) in [7, 11) is 0. The number of hydrogen-bond acceptors (Lipinski definition) is 3. The van der Waals surface area contributed by atoms with Crippen molar-refractivity contribution in [1.29, 1.82) is 0 Å². The van der Waals surface area contributed by atoms with Crippen molar-refractivity contribution in [1.82, 2.24) is 25.4 Å². The number of nitrogens with zero attached hydrogens (tertiary/aromatic N) is 4. The monoisotopic (exact) mass is 448 g/mol. The number of aliphatic imine (C=N–C) groups is 1. The molecule has 6 nitrogen and oxygen atoms in total. The highest BCUT2D eigenvalue weighted by molar-refractivity contribution is 14.0. The Hall–Kier alpha value is -0.860. The first-order chi connectivity index (χ1) is 11.3. The zero-order valence-electron chi connectivity index (χ0n) is 15.1. The molecule has 0 aliphatic heterocycles. The smallest absolute Gasteiger partial charge is 0.191 e. The number of aryl methyl sites for hydroxylation is 1. The average Bonchev–Trinajstić information content (AvgIpc) is 3.24. The van der Waals surface area contributed by atoms with Crippen LogP contribution < -0.4 is 10.6 Å². The Bertz CT molecular complexity index is 454. The summed E-state index contributed by atoms with van der Waals surface area (Å²) in [6.45, 7) is 8.22. The van der Waals surface area contributed by atoms with Crippen LogP contribution in [0.3, 0.4) is 0 Å². The van der Waals surface area contributed by atoms with Crippen LogP contribution in [0.5, 0.6) is 0 Å². The summed E-state index contributed by atoms with van der Waals surface area (Å²) in [6, 6.07) is 0. The SMILES string of the molecule is CCNC(=NCC1(CC)CCCC1)NCCCCn1cnnc1.I. The van der Waals surface area contributed by atoms with Crippen LogP contribution in [0, 0.1) is 5.41 Å². The predicted molar refractivity (Wildman–Crippen MR) is 110 cm³/mol. The lowest BCUT2D eigenvalue weighted by molar-refractivity contribution is 0.297. The highest BCUT2D eigenvalue weighted by atomic mass is 127. The molecule has 1 heterocycles. The molecule has 2 rings (SSSR count). The van der Waals surface area contributed by atoms with E-state index in [4.69, 9.17) is 4.99 Å². The Labute approximate surface area is 163 Å². The molecule has 0 bridgehead atoms. The van der Waals surface area contributed by atoms with Gasteiger partial charge in [-0.3, -0.25) is 4.99 Å². The Morgan fingerprint density at radius 3 is 2.46 bits per heavy atom. The van der Waals surface area contributed by atoms with Crippen molar-refractivity contribution in [3.8, 4) is 0 Å². The summed E-state index contributed by atoms with van der Waals surface area (Å²) in [5.74, 6) is 0.969. The third-order valence-electron chi connectivity index (χ3n) is 4.93. The third-order valence-corrected chi connectivity index (χ3v) is 4.93. The van der Waals surface area contributed by atoms with Gasteiger partial charge in [0.15, 0.2) is 5.96 Å². The van der Waals surface area contributed by atoms with Gasteiger partial charge in [0.2, 0.25) is 0 Å². The minimum absolute atomic E-state index is 0. The molecule has 0 atom stereocenters. The maximum absolute atomic E-state index is 4.86. The lowest BCUT2D eigenvalue weighted by Crippen LogP contribution is -2.38. The Morgan fingerprint density at radius 2 is 1.83 bits per heavy atom. The summed E-state index contributed by atoms with van der Waals surface area (Å²) in [5, 5.41) is 14.5. The van der Waals surface area contributed by atoms with Crippen LogP contribution in [0.25, 0.3) is 0 Å². The number of guanidine groups is 1. The molecule has 0 unspecified atom stereocenters. The molecule has 138 valence electrons. The molecule has 0 aromatic carbocycles. The molecular formula is C17H33IN6. The van der Waals surface area contributed by atoms with Crippen LogP contribution in [0.4, 0.5) is 0 Å². The normalized spacial score (nSPS) is 16.7. The molecule has 1 aliphatic carbocycles. The first-order valence-corrected chi connectivity index (χ1v) is 9.12. The van der Waals surface area contributed by atoms with Crippen LogP contribution in [0.1, 0.15) is 58.8 Å². The second-order valence-corrected chi connectivity index (χ2v) is 6.59. The topological polar surface area (TPSA) is 67.1 Å². The van der Waals surface area contributed by atoms with Crippen LogP contribution in [-0.2, 0) is 6.54 Å². The lowest BCUT2D eigenvalue weighted by atomic mass is 9.84. The summed E-state index contributed by atoms with van der Waals surface area (Å²) < 4.78 is 2.02. The van der Waals surface area contributed by atoms with Crippen molar-refractivity contribution < 1.29 is 0 Å². The van der Waals surface area contributed by atoms with E-state index in [9.17, 15) is 0 Å². The van der Waals surface area contributed by atoms with Gasteiger partial charge in [0, 0.05) is 26.2 Å². The fraction of sp³-hybridized carbons (Fsp3) is 0.824. The Kier molecular flexibility index (Phi) is 10.3. The molecular weight excluding hydrogens is 415 g/mol. The quantitative estimate of drug-likeness (QED) is 0.264. The van der Waals surface area contributed by atoms with Gasteiger partial charge in [0.1, 0.15) is 12.7 Å². The first kappa shape index (κ1) is 21.2. The van der Waals surface area contributed by atoms with Gasteiger partial charge >= 0.3 is 0 Å². The summed E-state index contributed by atoms with van der Waals surface area (Å²) >= 11 is 0. The molecule has 1 saturated carbocycles. The minimum atomic E-state index is 0. The van der Waals surface area contributed by atoms with Crippen LogP contribution in [0.2, 0.25) is 0 Å². The van der Waals surface area contributed by atoms with Gasteiger partial charge in [-0.25, -0.2) is 0 Å². The van der Waals surface area contributed by atoms with E-state index in [-0.39, 0.29) is 24.0 Å². The van der Waals surface area contributed by atoms with Crippen molar-refractivity contribution in [2.75, 3.05) is 19.6 Å². The van der Waals surface area contributed by atoms with E-state index in [0.29, 0.717) is 5.41 Å². The van der Waals surface area contributed by atoms with Gasteiger partial charge in [0.05, 0.1) is 0 Å². The molecule has 2 N–H and O–H groups in total. The minimum Gasteiger partial charge on any atom is -0.357 e. The van der Waals surface area contributed by atoms with Crippen LogP contribution in [-0.4, -0.2) is 40.4 Å². The van der Waals surface area contributed by atoms with E-state index in [1.54, 1.807) is 12.7 Å². The third kappa shape index (κ3) is 6.94. The van der Waals surface area contributed by atoms with Crippen molar-refractivity contribution >= 4 is 29.9 Å². The van der Waals surface area contributed by atoms with Gasteiger partial charge in [-0.2, -0.15) is 0 Å². The van der Waals surface area contributed by atoms with E-state index in [1.807, 2.05) is 4.57 Å². The fourth-order valence-corrected chi connectivity index (χ4v) is 3.30. The van der Waals surface area contributed by atoms with Crippen molar-refractivity contribution in [3.63, 3.8) is 0 Å². The van der Waals surface area contributed by atoms with E-state index in [1.165, 1.54) is 32.1 Å². The highest BCUT2D eigenvalue weighted by Gasteiger charge is 2.31. The average molecular weight is 448 g/mol. The molecule has 0 spiro atoms. The molecule has 0 saturated heterocycles. The Balaban J connectivity index is 0.00000288. The van der Waals surface area contributed by atoms with E-state index in [2.05, 4.69) is 34.7 Å². The number of aromatic nitrogens is 3. The molecule has 0 radical (unpaired) electrons. The molecule has 1 aromatic heterocycles. The zero-order chi connectivity index (χ0) is 16.4. The van der Waals surface area contributed by atoms with Gasteiger partial charge < -0.3 is 15.2 Å². The summed E-state index contributed by atoms with van der Waals surface area (Å²) in [5.41, 5.74) is 0.455. The maximum Gasteiger partial charge on any atom is 0.191 e. The second-order valence-electron chi connectivity index (χ2n) is 6.59. The number of halogens is 1. The van der Waals surface area contributed by atoms with Crippen LogP contribution >= 0.6 is 24.0 Å². The molecule has 1 aliphatic rings. The maximum atomic E-state index is 4.86. The largest absolute Gasteiger partial charge is 0.357 e. The van der Waals surface area contributed by atoms with Crippen molar-refractivity contribution in [2.24, 2.45) is 10.4 Å². The number of rotatable bonds is 9. The lowest BCUT2D eigenvalue weighted by Gasteiger charge is -2.25. The van der Waals surface area contributed by atoms with E-state index >= 15 is 0 Å². The van der Waals surface area contributed by atoms with Crippen LogP contribution in [0.15, 0.2) is 17.6 Å². The van der Waals surface area contributed by atoms with Crippen molar-refractivity contribution in [2.45, 2.75) is 65.3 Å². The first-order valence-electron chi connectivity index (χ1n) is 9.12. The number of unbranched alkanes of at least 4 members (excludes halogenated alkanes) is 1. The molecule has 1 fully saturated rings. The molecule has 0 amide bonds. The molecule has 24 heavy (non-hydrogen) atoms. The fourth-order valence-electron chi connectivity index (χ4n) is 3.30. The van der Waals surface area contributed by atoms with Crippen molar-refractivity contribution in [3.05, 3.63) is 12.7 Å². The summed E-state index contributed by atoms with van der Waals surface area (Å²) in [4.78, 5) is 4.86. The Morgan fingerprint density at radius 1 is 1.12 bits per heavy atom. The van der Waals surface area contributed by atoms with Gasteiger partial charge in [-0.1, -0.05) is 19.8 Å². The van der Waals surface area contributed by atoms with Gasteiger partial charge in [-0.15, -0.1) is 34.2 Å². The predicted octanol–water partition coefficient (Wildman–Crippen LogP) is 3.20. The standard InChI is InChI=1S/C17H32N6.HI/c1-3-17(9-5-6-10-17)13-20-16(18-4-2)19-11-7-8-12-23-14-21-22-15-23;/h14-15H,3-13H2,1-2H3,(H2,18,19,20);1H. The summed E-state index contributed by atoms with van der Waals surface area (Å²) in [6.07, 6.45) is 12.4. The zero-order valence-corrected chi connectivity index (χ0v) is 17.5. The molecule has 1 aromatic rings. The van der Waals surface area contributed by atoms with Gasteiger partial charge in [-0.05, 0) is 44.4 Å². The highest BCUT2D eigenvalue weighted by Crippen LogP contribution is 2.41. The number of nitrogens with one attached hydrogen (secondary N) is 2. The van der Waals surface area contributed by atoms with E-state index in [0.717, 1.165) is 45.0 Å². The second kappa shape index (κ2) is 11.7.